The monoisotopic (exact) mass is 397 g/mol. The molecule has 0 bridgehead atoms. The number of nitrogens with one attached hydrogen (secondary N) is 1. The largest absolute Gasteiger partial charge is 0.314 e. The Balaban J connectivity index is 2.21. The minimum absolute atomic E-state index is 0.0193. The summed E-state index contributed by atoms with van der Waals surface area (Å²) in [6.07, 6.45) is 1.18. The zero-order chi connectivity index (χ0) is 18.0. The zero-order valence-electron chi connectivity index (χ0n) is 13.0. The van der Waals surface area contributed by atoms with Crippen LogP contribution >= 0.6 is 22.9 Å². The van der Waals surface area contributed by atoms with E-state index in [1.165, 1.54) is 36.5 Å². The number of nitrogens with zero attached hydrogens (tertiary/aromatic N) is 2. The fourth-order valence-corrected chi connectivity index (χ4v) is 5.22. The second-order valence-electron chi connectivity index (χ2n) is 5.07. The number of sulfone groups is 1. The summed E-state index contributed by atoms with van der Waals surface area (Å²) in [7, 11) is -2.18. The molecule has 25 heavy (non-hydrogen) atoms. The van der Waals surface area contributed by atoms with Crippen LogP contribution in [0.1, 0.15) is 5.01 Å². The number of pyridine rings is 1. The Labute approximate surface area is 153 Å². The topological polar surface area (TPSA) is 72.0 Å². The molecule has 0 aliphatic heterocycles. The van der Waals surface area contributed by atoms with Gasteiger partial charge in [-0.3, -0.25) is 0 Å². The quantitative estimate of drug-likeness (QED) is 0.666. The highest BCUT2D eigenvalue weighted by molar-refractivity contribution is 7.93. The van der Waals surface area contributed by atoms with Crippen LogP contribution in [-0.4, -0.2) is 25.4 Å². The van der Waals surface area contributed by atoms with Gasteiger partial charge in [0.15, 0.2) is 4.21 Å². The Hall–Kier alpha value is -1.87. The first-order valence-corrected chi connectivity index (χ1v) is 9.87. The van der Waals surface area contributed by atoms with Gasteiger partial charge in [0.25, 0.3) is 0 Å². The normalized spacial score (nSPS) is 11.6. The summed E-state index contributed by atoms with van der Waals surface area (Å²) in [5.74, 6) is -0.533. The maximum atomic E-state index is 14.2. The maximum absolute atomic E-state index is 14.2. The van der Waals surface area contributed by atoms with Crippen LogP contribution in [0.4, 0.5) is 4.39 Å². The molecule has 0 saturated carbocycles. The van der Waals surface area contributed by atoms with E-state index < -0.39 is 15.7 Å². The SMILES string of the molecule is CNCc1nc(-c2ccccc2F)c(S(=O)(=O)c2ccc(Cl)nc2)s1. The molecule has 0 spiro atoms. The summed E-state index contributed by atoms with van der Waals surface area (Å²) < 4.78 is 40.2. The van der Waals surface area contributed by atoms with Gasteiger partial charge in [-0.1, -0.05) is 23.7 Å². The summed E-state index contributed by atoms with van der Waals surface area (Å²) in [5, 5.41) is 3.65. The molecular formula is C16H13ClFN3O2S2. The van der Waals surface area contributed by atoms with Crippen molar-refractivity contribution in [1.82, 2.24) is 15.3 Å². The van der Waals surface area contributed by atoms with Gasteiger partial charge in [0.05, 0.1) is 4.90 Å². The summed E-state index contributed by atoms with van der Waals surface area (Å²) in [6, 6.07) is 8.71. The van der Waals surface area contributed by atoms with Crippen molar-refractivity contribution < 1.29 is 12.8 Å². The molecule has 0 aliphatic carbocycles. The predicted octanol–water partition coefficient (Wildman–Crippen LogP) is 3.55. The fourth-order valence-electron chi connectivity index (χ4n) is 2.21. The lowest BCUT2D eigenvalue weighted by Gasteiger charge is -2.05. The van der Waals surface area contributed by atoms with Crippen molar-refractivity contribution in [3.63, 3.8) is 0 Å². The molecule has 2 aromatic heterocycles. The number of thiazole rings is 1. The Morgan fingerprint density at radius 2 is 2.00 bits per heavy atom. The first-order valence-electron chi connectivity index (χ1n) is 7.19. The molecule has 1 aromatic carbocycles. The van der Waals surface area contributed by atoms with E-state index in [1.54, 1.807) is 13.1 Å². The van der Waals surface area contributed by atoms with Gasteiger partial charge < -0.3 is 5.32 Å². The van der Waals surface area contributed by atoms with Crippen LogP contribution in [0, 0.1) is 5.82 Å². The molecule has 0 aliphatic rings. The van der Waals surface area contributed by atoms with Gasteiger partial charge >= 0.3 is 0 Å². The molecule has 3 rings (SSSR count). The zero-order valence-corrected chi connectivity index (χ0v) is 15.4. The van der Waals surface area contributed by atoms with Crippen LogP contribution in [0.25, 0.3) is 11.3 Å². The van der Waals surface area contributed by atoms with Crippen LogP contribution < -0.4 is 5.32 Å². The molecule has 9 heteroatoms. The number of hydrogen-bond donors (Lipinski definition) is 1. The number of benzene rings is 1. The van der Waals surface area contributed by atoms with Gasteiger partial charge in [-0.2, -0.15) is 0 Å². The maximum Gasteiger partial charge on any atom is 0.219 e. The minimum Gasteiger partial charge on any atom is -0.314 e. The standard InChI is InChI=1S/C16H13ClFN3O2S2/c1-19-9-14-21-15(11-4-2-3-5-12(11)18)16(24-14)25(22,23)10-6-7-13(17)20-8-10/h2-8,19H,9H2,1H3. The predicted molar refractivity (Wildman–Crippen MR) is 95.0 cm³/mol. The summed E-state index contributed by atoms with van der Waals surface area (Å²) in [6.45, 7) is 0.376. The smallest absolute Gasteiger partial charge is 0.219 e. The van der Waals surface area contributed by atoms with Crippen molar-refractivity contribution in [2.75, 3.05) is 7.05 Å². The van der Waals surface area contributed by atoms with Crippen molar-refractivity contribution in [1.29, 1.82) is 0 Å². The van der Waals surface area contributed by atoms with E-state index in [0.717, 1.165) is 11.3 Å². The number of aromatic nitrogens is 2. The highest BCUT2D eigenvalue weighted by atomic mass is 35.5. The van der Waals surface area contributed by atoms with Crippen LogP contribution in [0.15, 0.2) is 51.7 Å². The van der Waals surface area contributed by atoms with E-state index in [4.69, 9.17) is 11.6 Å². The van der Waals surface area contributed by atoms with Gasteiger partial charge in [-0.05, 0) is 31.3 Å². The molecule has 0 amide bonds. The average Bonchev–Trinajstić information content (AvgIpc) is 3.00. The Morgan fingerprint density at radius 1 is 1.24 bits per heavy atom. The Bertz CT molecular complexity index is 1000. The van der Waals surface area contributed by atoms with E-state index in [2.05, 4.69) is 15.3 Å². The highest BCUT2D eigenvalue weighted by Crippen LogP contribution is 2.36. The van der Waals surface area contributed by atoms with Crippen molar-refractivity contribution >= 4 is 32.8 Å². The third kappa shape index (κ3) is 3.57. The molecule has 0 radical (unpaired) electrons. The van der Waals surface area contributed by atoms with E-state index in [-0.39, 0.29) is 25.5 Å². The first kappa shape index (κ1) is 17.9. The third-order valence-corrected chi connectivity index (χ3v) is 6.88. The minimum atomic E-state index is -3.91. The van der Waals surface area contributed by atoms with E-state index in [9.17, 15) is 12.8 Å². The molecule has 3 aromatic rings. The Morgan fingerprint density at radius 3 is 2.64 bits per heavy atom. The Kier molecular flexibility index (Phi) is 5.14. The highest BCUT2D eigenvalue weighted by Gasteiger charge is 2.28. The van der Waals surface area contributed by atoms with Crippen molar-refractivity contribution in [3.05, 3.63) is 58.6 Å². The van der Waals surface area contributed by atoms with Crippen LogP contribution in [-0.2, 0) is 16.4 Å². The van der Waals surface area contributed by atoms with Crippen molar-refractivity contribution in [2.24, 2.45) is 0 Å². The molecule has 2 heterocycles. The second kappa shape index (κ2) is 7.17. The van der Waals surface area contributed by atoms with Crippen LogP contribution in [0.3, 0.4) is 0 Å². The lowest BCUT2D eigenvalue weighted by Crippen LogP contribution is -2.04. The van der Waals surface area contributed by atoms with Gasteiger partial charge in [0, 0.05) is 18.3 Å². The molecule has 1 N–H and O–H groups in total. The van der Waals surface area contributed by atoms with Crippen LogP contribution in [0.2, 0.25) is 5.15 Å². The second-order valence-corrected chi connectivity index (χ2v) is 8.69. The number of rotatable bonds is 5. The molecule has 5 nitrogen and oxygen atoms in total. The molecule has 0 fully saturated rings. The first-order chi connectivity index (χ1) is 11.9. The lowest BCUT2D eigenvalue weighted by molar-refractivity contribution is 0.597. The number of hydrogen-bond acceptors (Lipinski definition) is 6. The average molecular weight is 398 g/mol. The van der Waals surface area contributed by atoms with E-state index in [0.29, 0.717) is 11.6 Å². The lowest BCUT2D eigenvalue weighted by atomic mass is 10.1. The van der Waals surface area contributed by atoms with Crippen LogP contribution in [0.5, 0.6) is 0 Å². The van der Waals surface area contributed by atoms with Gasteiger partial charge in [-0.25, -0.2) is 22.8 Å². The summed E-state index contributed by atoms with van der Waals surface area (Å²) >= 11 is 6.73. The molecule has 0 unspecified atom stereocenters. The number of halogens is 2. The molecule has 130 valence electrons. The van der Waals surface area contributed by atoms with Crippen molar-refractivity contribution in [2.45, 2.75) is 15.6 Å². The van der Waals surface area contributed by atoms with Gasteiger partial charge in [-0.15, -0.1) is 11.3 Å². The van der Waals surface area contributed by atoms with E-state index in [1.807, 2.05) is 0 Å². The van der Waals surface area contributed by atoms with Crippen molar-refractivity contribution in [3.8, 4) is 11.3 Å². The molecule has 0 atom stereocenters. The third-order valence-electron chi connectivity index (χ3n) is 3.35. The molecular weight excluding hydrogens is 385 g/mol. The van der Waals surface area contributed by atoms with Gasteiger partial charge in [0.1, 0.15) is 21.7 Å². The molecule has 0 saturated heterocycles. The summed E-state index contributed by atoms with van der Waals surface area (Å²) in [5.41, 5.74) is 0.241. The fraction of sp³-hybridized carbons (Fsp3) is 0.125. The van der Waals surface area contributed by atoms with E-state index >= 15 is 0 Å². The summed E-state index contributed by atoms with van der Waals surface area (Å²) in [4.78, 5) is 8.13. The van der Waals surface area contributed by atoms with Gasteiger partial charge in [0.2, 0.25) is 9.84 Å².